The number of hydrogen-bond donors (Lipinski definition) is 2. The van der Waals surface area contributed by atoms with Gasteiger partial charge in [-0.1, -0.05) is 6.07 Å². The quantitative estimate of drug-likeness (QED) is 0.752. The van der Waals surface area contributed by atoms with E-state index in [1.165, 1.54) is 0 Å². The van der Waals surface area contributed by atoms with Crippen molar-refractivity contribution in [2.24, 2.45) is 0 Å². The Kier molecular flexibility index (Phi) is 4.22. The molecule has 0 aliphatic carbocycles. The van der Waals surface area contributed by atoms with E-state index in [0.29, 0.717) is 37.5 Å². The molecule has 0 atom stereocenters. The van der Waals surface area contributed by atoms with Crippen LogP contribution in [-0.2, 0) is 9.59 Å². The van der Waals surface area contributed by atoms with Crippen LogP contribution in [0, 0.1) is 0 Å². The van der Waals surface area contributed by atoms with Crippen LogP contribution in [0.15, 0.2) is 24.3 Å². The molecule has 0 radical (unpaired) electrons. The molecule has 1 aromatic rings. The van der Waals surface area contributed by atoms with Gasteiger partial charge in [-0.05, 0) is 12.1 Å². The second kappa shape index (κ2) is 6.08. The minimum absolute atomic E-state index is 0.0212. The van der Waals surface area contributed by atoms with Crippen molar-refractivity contribution >= 4 is 17.5 Å². The van der Waals surface area contributed by atoms with Gasteiger partial charge in [0.25, 0.3) is 5.91 Å². The molecule has 1 fully saturated rings. The third-order valence-corrected chi connectivity index (χ3v) is 2.89. The zero-order valence-electron chi connectivity index (χ0n) is 10.6. The maximum absolute atomic E-state index is 11.9. The Labute approximate surface area is 111 Å². The van der Waals surface area contributed by atoms with Crippen LogP contribution in [0.1, 0.15) is 6.42 Å². The maximum Gasteiger partial charge on any atom is 0.260 e. The van der Waals surface area contributed by atoms with E-state index in [9.17, 15) is 9.59 Å². The first kappa shape index (κ1) is 13.2. The number of carbonyl (C=O) groups excluding carboxylic acids is 2. The third kappa shape index (κ3) is 3.87. The molecule has 1 heterocycles. The van der Waals surface area contributed by atoms with Crippen molar-refractivity contribution in [1.82, 2.24) is 10.2 Å². The summed E-state index contributed by atoms with van der Waals surface area (Å²) in [6.07, 6.45) is 0.337. The number of nitrogens with zero attached hydrogens (tertiary/aromatic N) is 1. The fourth-order valence-electron chi connectivity index (χ4n) is 1.86. The highest BCUT2D eigenvalue weighted by atomic mass is 16.5. The van der Waals surface area contributed by atoms with Crippen LogP contribution in [-0.4, -0.2) is 43.0 Å². The molecule has 3 N–H and O–H groups in total. The number of benzene rings is 1. The van der Waals surface area contributed by atoms with Gasteiger partial charge in [0.2, 0.25) is 5.91 Å². The molecule has 6 heteroatoms. The summed E-state index contributed by atoms with van der Waals surface area (Å²) < 4.78 is 5.39. The molecule has 0 aromatic heterocycles. The van der Waals surface area contributed by atoms with E-state index in [2.05, 4.69) is 5.32 Å². The lowest BCUT2D eigenvalue weighted by molar-refractivity contribution is -0.133. The van der Waals surface area contributed by atoms with Crippen LogP contribution >= 0.6 is 0 Å². The Morgan fingerprint density at radius 2 is 2.26 bits per heavy atom. The molecule has 1 aliphatic heterocycles. The highest BCUT2D eigenvalue weighted by molar-refractivity contribution is 5.81. The minimum Gasteiger partial charge on any atom is -0.484 e. The lowest BCUT2D eigenvalue weighted by atomic mass is 10.3. The van der Waals surface area contributed by atoms with Gasteiger partial charge < -0.3 is 20.7 Å². The van der Waals surface area contributed by atoms with Gasteiger partial charge in [-0.25, -0.2) is 0 Å². The fourth-order valence-corrected chi connectivity index (χ4v) is 1.86. The summed E-state index contributed by atoms with van der Waals surface area (Å²) in [7, 11) is 0. The number of nitrogens with two attached hydrogens (primary N) is 1. The van der Waals surface area contributed by atoms with Crippen molar-refractivity contribution < 1.29 is 14.3 Å². The van der Waals surface area contributed by atoms with E-state index in [1.54, 1.807) is 29.2 Å². The summed E-state index contributed by atoms with van der Waals surface area (Å²) in [5, 5.41) is 2.72. The van der Waals surface area contributed by atoms with Gasteiger partial charge >= 0.3 is 0 Å². The fraction of sp³-hybridized carbons (Fsp3) is 0.385. The van der Waals surface area contributed by atoms with E-state index in [4.69, 9.17) is 10.5 Å². The summed E-state index contributed by atoms with van der Waals surface area (Å²) in [5.41, 5.74) is 6.21. The first-order chi connectivity index (χ1) is 9.15. The molecule has 6 nitrogen and oxygen atoms in total. The number of rotatable bonds is 3. The SMILES string of the molecule is Nc1cccc(OCC(=O)N2CCNC(=O)CC2)c1. The van der Waals surface area contributed by atoms with Gasteiger partial charge in [0, 0.05) is 37.8 Å². The molecule has 0 spiro atoms. The zero-order chi connectivity index (χ0) is 13.7. The summed E-state index contributed by atoms with van der Waals surface area (Å²) >= 11 is 0. The minimum atomic E-state index is -0.126. The van der Waals surface area contributed by atoms with E-state index in [0.717, 1.165) is 0 Å². The Morgan fingerprint density at radius 3 is 3.05 bits per heavy atom. The molecule has 0 saturated carbocycles. The molecule has 102 valence electrons. The van der Waals surface area contributed by atoms with Gasteiger partial charge in [-0.2, -0.15) is 0 Å². The molecular formula is C13H17N3O3. The van der Waals surface area contributed by atoms with Crippen LogP contribution in [0.2, 0.25) is 0 Å². The first-order valence-electron chi connectivity index (χ1n) is 6.18. The van der Waals surface area contributed by atoms with Gasteiger partial charge in [0.1, 0.15) is 5.75 Å². The molecular weight excluding hydrogens is 246 g/mol. The van der Waals surface area contributed by atoms with Gasteiger partial charge in [-0.15, -0.1) is 0 Å². The zero-order valence-corrected chi connectivity index (χ0v) is 10.6. The van der Waals surface area contributed by atoms with Crippen LogP contribution in [0.5, 0.6) is 5.75 Å². The summed E-state index contributed by atoms with van der Waals surface area (Å²) in [6, 6.07) is 6.93. The standard InChI is InChI=1S/C13H17N3O3/c14-10-2-1-3-11(8-10)19-9-13(18)16-6-4-12(17)15-5-7-16/h1-3,8H,4-7,9,14H2,(H,15,17). The molecule has 1 aliphatic rings. The van der Waals surface area contributed by atoms with E-state index < -0.39 is 0 Å². The van der Waals surface area contributed by atoms with Crippen molar-refractivity contribution in [1.29, 1.82) is 0 Å². The van der Waals surface area contributed by atoms with Crippen LogP contribution < -0.4 is 15.8 Å². The number of carbonyl (C=O) groups is 2. The lowest BCUT2D eigenvalue weighted by Gasteiger charge is -2.19. The molecule has 0 bridgehead atoms. The molecule has 19 heavy (non-hydrogen) atoms. The number of hydrogen-bond acceptors (Lipinski definition) is 4. The average molecular weight is 263 g/mol. The Hall–Kier alpha value is -2.24. The number of amides is 2. The maximum atomic E-state index is 11.9. The highest BCUT2D eigenvalue weighted by Crippen LogP contribution is 2.14. The van der Waals surface area contributed by atoms with Gasteiger partial charge in [-0.3, -0.25) is 9.59 Å². The summed E-state index contributed by atoms with van der Waals surface area (Å²) in [4.78, 5) is 24.7. The third-order valence-electron chi connectivity index (χ3n) is 2.89. The van der Waals surface area contributed by atoms with E-state index in [1.807, 2.05) is 0 Å². The molecule has 2 amide bonds. The van der Waals surface area contributed by atoms with Gasteiger partial charge in [0.15, 0.2) is 6.61 Å². The van der Waals surface area contributed by atoms with Crippen molar-refractivity contribution in [3.63, 3.8) is 0 Å². The van der Waals surface area contributed by atoms with Crippen molar-refractivity contribution in [2.45, 2.75) is 6.42 Å². The molecule has 1 aromatic carbocycles. The summed E-state index contributed by atoms with van der Waals surface area (Å²) in [6.45, 7) is 1.40. The first-order valence-corrected chi connectivity index (χ1v) is 6.18. The second-order valence-corrected chi connectivity index (χ2v) is 4.34. The Morgan fingerprint density at radius 1 is 1.42 bits per heavy atom. The predicted octanol–water partition coefficient (Wildman–Crippen LogP) is -0.00390. The van der Waals surface area contributed by atoms with Crippen LogP contribution in [0.3, 0.4) is 0 Å². The van der Waals surface area contributed by atoms with Crippen molar-refractivity contribution in [3.8, 4) is 5.75 Å². The smallest absolute Gasteiger partial charge is 0.260 e. The van der Waals surface area contributed by atoms with Crippen molar-refractivity contribution in [2.75, 3.05) is 32.0 Å². The predicted molar refractivity (Wildman–Crippen MR) is 70.6 cm³/mol. The Bertz CT molecular complexity index is 476. The monoisotopic (exact) mass is 263 g/mol. The molecule has 1 saturated heterocycles. The average Bonchev–Trinajstić information content (AvgIpc) is 2.61. The second-order valence-electron chi connectivity index (χ2n) is 4.34. The largest absolute Gasteiger partial charge is 0.484 e. The highest BCUT2D eigenvalue weighted by Gasteiger charge is 2.18. The van der Waals surface area contributed by atoms with E-state index in [-0.39, 0.29) is 18.4 Å². The van der Waals surface area contributed by atoms with Crippen LogP contribution in [0.25, 0.3) is 0 Å². The topological polar surface area (TPSA) is 84.7 Å². The summed E-state index contributed by atoms with van der Waals surface area (Å²) in [5.74, 6) is 0.420. The molecule has 2 rings (SSSR count). The lowest BCUT2D eigenvalue weighted by Crippen LogP contribution is -2.37. The number of nitrogen functional groups attached to an aromatic ring is 1. The normalized spacial score (nSPS) is 15.6. The Balaban J connectivity index is 1.85. The van der Waals surface area contributed by atoms with Crippen molar-refractivity contribution in [3.05, 3.63) is 24.3 Å². The van der Waals surface area contributed by atoms with Gasteiger partial charge in [0.05, 0.1) is 0 Å². The number of nitrogens with one attached hydrogen (secondary N) is 1. The number of anilines is 1. The number of ether oxygens (including phenoxy) is 1. The van der Waals surface area contributed by atoms with E-state index >= 15 is 0 Å². The van der Waals surface area contributed by atoms with Crippen LogP contribution in [0.4, 0.5) is 5.69 Å². The molecule has 0 unspecified atom stereocenters.